The predicted molar refractivity (Wildman–Crippen MR) is 74.6 cm³/mol. The SMILES string of the molecule is ClCc1cnc(OCc2ccccc2Cl)c(Cl)c1. The molecule has 0 aliphatic heterocycles. The van der Waals surface area contributed by atoms with E-state index in [4.69, 9.17) is 39.5 Å². The number of pyridine rings is 1. The van der Waals surface area contributed by atoms with E-state index in [-0.39, 0.29) is 0 Å². The number of benzene rings is 1. The summed E-state index contributed by atoms with van der Waals surface area (Å²) in [5.74, 6) is 0.753. The molecule has 1 aromatic heterocycles. The summed E-state index contributed by atoms with van der Waals surface area (Å²) >= 11 is 17.8. The Morgan fingerprint density at radius 3 is 2.56 bits per heavy atom. The number of rotatable bonds is 4. The highest BCUT2D eigenvalue weighted by atomic mass is 35.5. The molecule has 0 fully saturated rings. The summed E-state index contributed by atoms with van der Waals surface area (Å²) in [6.45, 7) is 0.326. The fraction of sp³-hybridized carbons (Fsp3) is 0.154. The quantitative estimate of drug-likeness (QED) is 0.763. The van der Waals surface area contributed by atoms with Gasteiger partial charge in [0.15, 0.2) is 0 Å². The van der Waals surface area contributed by atoms with Gasteiger partial charge in [0.2, 0.25) is 5.88 Å². The third kappa shape index (κ3) is 3.29. The van der Waals surface area contributed by atoms with E-state index in [1.165, 1.54) is 0 Å². The van der Waals surface area contributed by atoms with Crippen LogP contribution in [0.3, 0.4) is 0 Å². The highest BCUT2D eigenvalue weighted by Crippen LogP contribution is 2.25. The second-order valence-corrected chi connectivity index (χ2v) is 4.73. The standard InChI is InChI=1S/C13H10Cl3NO/c14-6-9-5-12(16)13(17-7-9)18-8-10-3-1-2-4-11(10)15/h1-5,7H,6,8H2. The fourth-order valence-electron chi connectivity index (χ4n) is 1.41. The second-order valence-electron chi connectivity index (χ2n) is 3.64. The van der Waals surface area contributed by atoms with Gasteiger partial charge in [-0.3, -0.25) is 0 Å². The zero-order chi connectivity index (χ0) is 13.0. The van der Waals surface area contributed by atoms with Crippen molar-refractivity contribution in [2.24, 2.45) is 0 Å². The van der Waals surface area contributed by atoms with Crippen molar-refractivity contribution in [3.63, 3.8) is 0 Å². The number of ether oxygens (including phenoxy) is 1. The molecule has 18 heavy (non-hydrogen) atoms. The molecule has 0 amide bonds. The Morgan fingerprint density at radius 1 is 1.11 bits per heavy atom. The zero-order valence-corrected chi connectivity index (χ0v) is 11.6. The topological polar surface area (TPSA) is 22.1 Å². The molecular formula is C13H10Cl3NO. The van der Waals surface area contributed by atoms with Gasteiger partial charge in [0.25, 0.3) is 0 Å². The first kappa shape index (κ1) is 13.5. The van der Waals surface area contributed by atoms with Crippen LogP contribution in [0.2, 0.25) is 10.0 Å². The van der Waals surface area contributed by atoms with Gasteiger partial charge in [0, 0.05) is 22.7 Å². The molecular weight excluding hydrogens is 293 g/mol. The highest BCUT2D eigenvalue weighted by Gasteiger charge is 2.06. The van der Waals surface area contributed by atoms with Gasteiger partial charge in [0.1, 0.15) is 11.6 Å². The summed E-state index contributed by atoms with van der Waals surface area (Å²) in [5.41, 5.74) is 1.74. The van der Waals surface area contributed by atoms with Gasteiger partial charge < -0.3 is 4.74 Å². The minimum Gasteiger partial charge on any atom is -0.472 e. The van der Waals surface area contributed by atoms with E-state index in [1.807, 2.05) is 24.3 Å². The molecule has 0 N–H and O–H groups in total. The van der Waals surface area contributed by atoms with Gasteiger partial charge in [-0.25, -0.2) is 4.98 Å². The van der Waals surface area contributed by atoms with Gasteiger partial charge in [-0.2, -0.15) is 0 Å². The van der Waals surface area contributed by atoms with Crippen molar-refractivity contribution in [2.45, 2.75) is 12.5 Å². The molecule has 94 valence electrons. The van der Waals surface area contributed by atoms with Crippen LogP contribution in [0.15, 0.2) is 36.5 Å². The van der Waals surface area contributed by atoms with Gasteiger partial charge in [-0.15, -0.1) is 11.6 Å². The lowest BCUT2D eigenvalue weighted by Crippen LogP contribution is -1.99. The average Bonchev–Trinajstić information content (AvgIpc) is 2.39. The first-order valence-corrected chi connectivity index (χ1v) is 6.56. The maximum Gasteiger partial charge on any atom is 0.232 e. The molecule has 1 aromatic carbocycles. The third-order valence-corrected chi connectivity index (χ3v) is 3.29. The molecule has 0 atom stereocenters. The first-order valence-electron chi connectivity index (χ1n) is 5.27. The van der Waals surface area contributed by atoms with Gasteiger partial charge >= 0.3 is 0 Å². The predicted octanol–water partition coefficient (Wildman–Crippen LogP) is 4.71. The van der Waals surface area contributed by atoms with Crippen LogP contribution >= 0.6 is 34.8 Å². The monoisotopic (exact) mass is 301 g/mol. The molecule has 0 unspecified atom stereocenters. The van der Waals surface area contributed by atoms with E-state index in [0.717, 1.165) is 11.1 Å². The smallest absolute Gasteiger partial charge is 0.232 e. The van der Waals surface area contributed by atoms with Crippen LogP contribution in [0.25, 0.3) is 0 Å². The van der Waals surface area contributed by atoms with E-state index in [0.29, 0.717) is 28.4 Å². The molecule has 0 saturated carbocycles. The molecule has 0 saturated heterocycles. The summed E-state index contributed by atoms with van der Waals surface area (Å²) in [5, 5.41) is 1.10. The first-order chi connectivity index (χ1) is 8.70. The molecule has 0 bridgehead atoms. The lowest BCUT2D eigenvalue weighted by molar-refractivity contribution is 0.294. The Hall–Kier alpha value is -0.960. The number of nitrogens with zero attached hydrogens (tertiary/aromatic N) is 1. The minimum atomic E-state index is 0.326. The molecule has 0 aliphatic rings. The molecule has 2 aromatic rings. The van der Waals surface area contributed by atoms with Crippen LogP contribution in [-0.2, 0) is 12.5 Å². The van der Waals surface area contributed by atoms with Crippen molar-refractivity contribution in [1.82, 2.24) is 4.98 Å². The van der Waals surface area contributed by atoms with Crippen molar-refractivity contribution in [3.8, 4) is 5.88 Å². The number of aromatic nitrogens is 1. The summed E-state index contributed by atoms with van der Waals surface area (Å²) in [6, 6.07) is 9.21. The molecule has 0 spiro atoms. The van der Waals surface area contributed by atoms with Crippen LogP contribution < -0.4 is 4.74 Å². The Morgan fingerprint density at radius 2 is 1.89 bits per heavy atom. The highest BCUT2D eigenvalue weighted by molar-refractivity contribution is 6.32. The molecule has 5 heteroatoms. The van der Waals surface area contributed by atoms with Crippen LogP contribution in [-0.4, -0.2) is 4.98 Å². The molecule has 0 radical (unpaired) electrons. The molecule has 1 heterocycles. The number of hydrogen-bond acceptors (Lipinski definition) is 2. The normalized spacial score (nSPS) is 10.4. The van der Waals surface area contributed by atoms with Crippen molar-refractivity contribution in [2.75, 3.05) is 0 Å². The Bertz CT molecular complexity index is 546. The summed E-state index contributed by atoms with van der Waals surface area (Å²) in [7, 11) is 0. The Balaban J connectivity index is 2.09. The Labute approximate surface area is 120 Å². The van der Waals surface area contributed by atoms with Crippen molar-refractivity contribution >= 4 is 34.8 Å². The second kappa shape index (κ2) is 6.28. The maximum atomic E-state index is 6.04. The van der Waals surface area contributed by atoms with Crippen molar-refractivity contribution in [3.05, 3.63) is 57.7 Å². The van der Waals surface area contributed by atoms with Crippen molar-refractivity contribution in [1.29, 1.82) is 0 Å². The Kier molecular flexibility index (Phi) is 4.70. The lowest BCUT2D eigenvalue weighted by Gasteiger charge is -2.08. The van der Waals surface area contributed by atoms with E-state index in [1.54, 1.807) is 12.3 Å². The maximum absolute atomic E-state index is 6.04. The van der Waals surface area contributed by atoms with Crippen LogP contribution in [0.5, 0.6) is 5.88 Å². The lowest BCUT2D eigenvalue weighted by atomic mass is 10.2. The molecule has 0 aliphatic carbocycles. The largest absolute Gasteiger partial charge is 0.472 e. The summed E-state index contributed by atoms with van der Waals surface area (Å²) in [4.78, 5) is 4.11. The van der Waals surface area contributed by atoms with Gasteiger partial charge in [-0.05, 0) is 17.7 Å². The summed E-state index contributed by atoms with van der Waals surface area (Å²) in [6.07, 6.45) is 1.64. The van der Waals surface area contributed by atoms with Gasteiger partial charge in [0.05, 0.1) is 0 Å². The van der Waals surface area contributed by atoms with Gasteiger partial charge in [-0.1, -0.05) is 41.4 Å². The summed E-state index contributed by atoms with van der Waals surface area (Å²) < 4.78 is 5.53. The number of alkyl halides is 1. The molecule has 2 rings (SSSR count). The number of halogens is 3. The van der Waals surface area contributed by atoms with E-state index in [2.05, 4.69) is 4.98 Å². The van der Waals surface area contributed by atoms with Crippen LogP contribution in [0.1, 0.15) is 11.1 Å². The minimum absolute atomic E-state index is 0.326. The zero-order valence-electron chi connectivity index (χ0n) is 9.37. The average molecular weight is 303 g/mol. The fourth-order valence-corrected chi connectivity index (χ4v) is 1.99. The number of hydrogen-bond donors (Lipinski definition) is 0. The van der Waals surface area contributed by atoms with Crippen LogP contribution in [0, 0.1) is 0 Å². The molecule has 2 nitrogen and oxygen atoms in total. The third-order valence-electron chi connectivity index (χ3n) is 2.34. The van der Waals surface area contributed by atoms with E-state index in [9.17, 15) is 0 Å². The van der Waals surface area contributed by atoms with E-state index < -0.39 is 0 Å². The van der Waals surface area contributed by atoms with E-state index >= 15 is 0 Å². The van der Waals surface area contributed by atoms with Crippen molar-refractivity contribution < 1.29 is 4.74 Å². The van der Waals surface area contributed by atoms with Crippen LogP contribution in [0.4, 0.5) is 0 Å².